The fourth-order valence-corrected chi connectivity index (χ4v) is 2.91. The molecule has 1 unspecified atom stereocenters. The standard InChI is InChI=1S/C18H34F4O/c1-4-13-17(19,20)15-11-9-7-6-8-10-12-16(23-3)18(21,22)14-5-2/h16H,4-15H2,1-3H3. The van der Waals surface area contributed by atoms with E-state index in [1.165, 1.54) is 7.11 Å². The van der Waals surface area contributed by atoms with Crippen molar-refractivity contribution in [2.45, 2.75) is 109 Å². The van der Waals surface area contributed by atoms with Gasteiger partial charge in [-0.1, -0.05) is 58.8 Å². The Labute approximate surface area is 139 Å². The van der Waals surface area contributed by atoms with Crippen molar-refractivity contribution >= 4 is 0 Å². The van der Waals surface area contributed by atoms with Crippen LogP contribution in [-0.4, -0.2) is 25.1 Å². The SMILES string of the molecule is CCCC(F)(F)CCCCCCCCC(OC)C(F)(F)CCC. The highest BCUT2D eigenvalue weighted by molar-refractivity contribution is 4.77. The van der Waals surface area contributed by atoms with Gasteiger partial charge in [0.15, 0.2) is 0 Å². The van der Waals surface area contributed by atoms with Crippen LogP contribution < -0.4 is 0 Å². The Kier molecular flexibility index (Phi) is 11.9. The molecule has 23 heavy (non-hydrogen) atoms. The monoisotopic (exact) mass is 342 g/mol. The average molecular weight is 342 g/mol. The lowest BCUT2D eigenvalue weighted by Crippen LogP contribution is -2.34. The zero-order valence-electron chi connectivity index (χ0n) is 15.0. The van der Waals surface area contributed by atoms with Gasteiger partial charge in [-0.25, -0.2) is 17.6 Å². The van der Waals surface area contributed by atoms with E-state index in [4.69, 9.17) is 4.74 Å². The van der Waals surface area contributed by atoms with Gasteiger partial charge >= 0.3 is 0 Å². The minimum atomic E-state index is -2.76. The molecule has 0 radical (unpaired) electrons. The molecule has 0 aromatic heterocycles. The second-order valence-corrected chi connectivity index (χ2v) is 6.50. The number of rotatable bonds is 15. The lowest BCUT2D eigenvalue weighted by molar-refractivity contribution is -0.132. The first-order chi connectivity index (χ1) is 10.8. The molecule has 0 spiro atoms. The van der Waals surface area contributed by atoms with Crippen LogP contribution in [0.5, 0.6) is 0 Å². The lowest BCUT2D eigenvalue weighted by atomic mass is 10.00. The van der Waals surface area contributed by atoms with E-state index in [2.05, 4.69) is 0 Å². The molecule has 1 nitrogen and oxygen atoms in total. The zero-order chi connectivity index (χ0) is 17.8. The molecule has 0 fully saturated rings. The van der Waals surface area contributed by atoms with Crippen LogP contribution in [0.15, 0.2) is 0 Å². The molecule has 0 aliphatic rings. The summed E-state index contributed by atoms with van der Waals surface area (Å²) in [4.78, 5) is 0. The summed E-state index contributed by atoms with van der Waals surface area (Å²) in [6, 6.07) is 0. The Morgan fingerprint density at radius 3 is 1.78 bits per heavy atom. The molecule has 0 N–H and O–H groups in total. The quantitative estimate of drug-likeness (QED) is 0.230. The molecule has 5 heteroatoms. The van der Waals surface area contributed by atoms with E-state index in [9.17, 15) is 17.6 Å². The molecule has 0 amide bonds. The predicted molar refractivity (Wildman–Crippen MR) is 87.4 cm³/mol. The Balaban J connectivity index is 3.69. The second-order valence-electron chi connectivity index (χ2n) is 6.50. The maximum atomic E-state index is 13.7. The van der Waals surface area contributed by atoms with Crippen molar-refractivity contribution in [1.29, 1.82) is 0 Å². The predicted octanol–water partition coefficient (Wildman–Crippen LogP) is 6.99. The summed E-state index contributed by atoms with van der Waals surface area (Å²) in [6.07, 6.45) is 4.79. The van der Waals surface area contributed by atoms with E-state index in [1.807, 2.05) is 0 Å². The van der Waals surface area contributed by atoms with Gasteiger partial charge in [0.1, 0.15) is 6.10 Å². The maximum Gasteiger partial charge on any atom is 0.273 e. The number of ether oxygens (including phenoxy) is 1. The first kappa shape index (κ1) is 22.7. The highest BCUT2D eigenvalue weighted by Gasteiger charge is 2.38. The largest absolute Gasteiger partial charge is 0.375 e. The third kappa shape index (κ3) is 11.0. The van der Waals surface area contributed by atoms with Crippen LogP contribution in [0.25, 0.3) is 0 Å². The van der Waals surface area contributed by atoms with Gasteiger partial charge in [0.25, 0.3) is 5.92 Å². The number of unbranched alkanes of at least 4 members (excludes halogenated alkanes) is 5. The third-order valence-corrected chi connectivity index (χ3v) is 4.21. The number of hydrogen-bond acceptors (Lipinski definition) is 1. The Bertz CT molecular complexity index is 282. The fraction of sp³-hybridized carbons (Fsp3) is 1.00. The summed E-state index contributed by atoms with van der Waals surface area (Å²) in [6.45, 7) is 3.51. The van der Waals surface area contributed by atoms with Crippen molar-refractivity contribution in [3.8, 4) is 0 Å². The van der Waals surface area contributed by atoms with Crippen molar-refractivity contribution in [1.82, 2.24) is 0 Å². The number of halogens is 4. The Morgan fingerprint density at radius 2 is 1.26 bits per heavy atom. The van der Waals surface area contributed by atoms with Crippen LogP contribution in [0.2, 0.25) is 0 Å². The summed E-state index contributed by atoms with van der Waals surface area (Å²) >= 11 is 0. The summed E-state index contributed by atoms with van der Waals surface area (Å²) in [5, 5.41) is 0. The van der Waals surface area contributed by atoms with Crippen LogP contribution in [0, 0.1) is 0 Å². The Morgan fingerprint density at radius 1 is 0.739 bits per heavy atom. The fourth-order valence-electron chi connectivity index (χ4n) is 2.91. The topological polar surface area (TPSA) is 9.23 Å². The average Bonchev–Trinajstić information content (AvgIpc) is 2.45. The molecule has 0 aliphatic heterocycles. The van der Waals surface area contributed by atoms with Gasteiger partial charge in [-0.15, -0.1) is 0 Å². The van der Waals surface area contributed by atoms with Crippen molar-refractivity contribution in [3.05, 3.63) is 0 Å². The first-order valence-corrected chi connectivity index (χ1v) is 9.07. The molecule has 0 aliphatic carbocycles. The number of alkyl halides is 4. The van der Waals surface area contributed by atoms with Crippen LogP contribution >= 0.6 is 0 Å². The van der Waals surface area contributed by atoms with Crippen LogP contribution in [0.1, 0.15) is 90.9 Å². The molecule has 0 aromatic rings. The highest BCUT2D eigenvalue weighted by Crippen LogP contribution is 2.30. The smallest absolute Gasteiger partial charge is 0.273 e. The summed E-state index contributed by atoms with van der Waals surface area (Å²) in [7, 11) is 1.34. The van der Waals surface area contributed by atoms with Gasteiger partial charge in [-0.2, -0.15) is 0 Å². The van der Waals surface area contributed by atoms with E-state index in [0.29, 0.717) is 32.1 Å². The van der Waals surface area contributed by atoms with E-state index in [0.717, 1.165) is 25.7 Å². The van der Waals surface area contributed by atoms with Gasteiger partial charge < -0.3 is 4.74 Å². The molecule has 140 valence electrons. The first-order valence-electron chi connectivity index (χ1n) is 9.07. The third-order valence-electron chi connectivity index (χ3n) is 4.21. The molecule has 1 atom stereocenters. The van der Waals surface area contributed by atoms with Gasteiger partial charge in [-0.05, 0) is 12.8 Å². The zero-order valence-corrected chi connectivity index (χ0v) is 15.0. The van der Waals surface area contributed by atoms with Gasteiger partial charge in [0.2, 0.25) is 5.92 Å². The number of methoxy groups -OCH3 is 1. The van der Waals surface area contributed by atoms with Crippen LogP contribution in [-0.2, 0) is 4.74 Å². The number of hydrogen-bond donors (Lipinski definition) is 0. The molecule has 0 rings (SSSR count). The normalized spacial score (nSPS) is 14.2. The molecule has 0 saturated carbocycles. The van der Waals surface area contributed by atoms with E-state index in [1.54, 1.807) is 13.8 Å². The van der Waals surface area contributed by atoms with E-state index >= 15 is 0 Å². The molecule has 0 bridgehead atoms. The van der Waals surface area contributed by atoms with Gasteiger partial charge in [0, 0.05) is 26.4 Å². The van der Waals surface area contributed by atoms with Crippen LogP contribution in [0.4, 0.5) is 17.6 Å². The van der Waals surface area contributed by atoms with Crippen LogP contribution in [0.3, 0.4) is 0 Å². The summed E-state index contributed by atoms with van der Waals surface area (Å²) < 4.78 is 59.0. The van der Waals surface area contributed by atoms with Crippen molar-refractivity contribution in [2.24, 2.45) is 0 Å². The van der Waals surface area contributed by atoms with Crippen molar-refractivity contribution in [3.63, 3.8) is 0 Å². The highest BCUT2D eigenvalue weighted by atomic mass is 19.3. The minimum Gasteiger partial charge on any atom is -0.375 e. The van der Waals surface area contributed by atoms with E-state index in [-0.39, 0.29) is 19.3 Å². The van der Waals surface area contributed by atoms with Crippen molar-refractivity contribution < 1.29 is 22.3 Å². The Hall–Kier alpha value is -0.320. The molecule has 0 heterocycles. The lowest BCUT2D eigenvalue weighted by Gasteiger charge is -2.25. The van der Waals surface area contributed by atoms with E-state index < -0.39 is 17.9 Å². The van der Waals surface area contributed by atoms with Crippen molar-refractivity contribution in [2.75, 3.05) is 7.11 Å². The minimum absolute atomic E-state index is 0.0304. The summed E-state index contributed by atoms with van der Waals surface area (Å²) in [5.74, 6) is -5.28. The van der Waals surface area contributed by atoms with Gasteiger partial charge in [0.05, 0.1) is 0 Å². The summed E-state index contributed by atoms with van der Waals surface area (Å²) in [5.41, 5.74) is 0. The molecular weight excluding hydrogens is 308 g/mol. The van der Waals surface area contributed by atoms with Gasteiger partial charge in [-0.3, -0.25) is 0 Å². The second kappa shape index (κ2) is 12.1. The molecular formula is C18H34F4O. The molecule has 0 saturated heterocycles. The maximum absolute atomic E-state index is 13.7. The molecule has 0 aromatic carbocycles.